The molecule has 20 heavy (non-hydrogen) atoms. The van der Waals surface area contributed by atoms with E-state index in [-0.39, 0.29) is 17.3 Å². The van der Waals surface area contributed by atoms with Crippen LogP contribution in [-0.2, 0) is 4.79 Å². The third-order valence-electron chi connectivity index (χ3n) is 2.95. The Kier molecular flexibility index (Phi) is 6.20. The molecule has 0 amide bonds. The Balaban J connectivity index is 3.49. The van der Waals surface area contributed by atoms with Crippen molar-refractivity contribution in [1.82, 2.24) is 4.90 Å². The van der Waals surface area contributed by atoms with E-state index in [0.717, 1.165) is 0 Å². The zero-order valence-corrected chi connectivity index (χ0v) is 12.2. The second-order valence-corrected chi connectivity index (χ2v) is 4.34. The van der Waals surface area contributed by atoms with E-state index in [9.17, 15) is 14.4 Å². The molecule has 1 aromatic carbocycles. The van der Waals surface area contributed by atoms with Gasteiger partial charge >= 0.3 is 0 Å². The van der Waals surface area contributed by atoms with Crippen LogP contribution >= 0.6 is 11.6 Å². The number of rotatable bonds is 6. The van der Waals surface area contributed by atoms with Crippen LogP contribution in [0.15, 0.2) is 29.8 Å². The lowest BCUT2D eigenvalue weighted by Gasteiger charge is -2.25. The van der Waals surface area contributed by atoms with Crippen LogP contribution in [0.4, 0.5) is 4.39 Å². The molecular weight excluding hydrogens is 279 g/mol. The van der Waals surface area contributed by atoms with Crippen molar-refractivity contribution in [3.05, 3.63) is 41.2 Å². The number of nitriles is 1. The molecule has 1 aromatic rings. The number of benzene rings is 1. The number of alkyl halides is 1. The molecule has 0 saturated heterocycles. The standard InChI is InChI=1S/C15H16ClFN2O/c1-3-19(4-2)15(13(10-18)14(20)9-16)11-5-7-12(17)8-6-11/h5-8H,3-4,9H2,1-2H3/b15-13+. The van der Waals surface area contributed by atoms with Gasteiger partial charge in [0.1, 0.15) is 17.5 Å². The molecule has 0 aliphatic heterocycles. The lowest BCUT2D eigenvalue weighted by molar-refractivity contribution is -0.113. The summed E-state index contributed by atoms with van der Waals surface area (Å²) in [7, 11) is 0. The average molecular weight is 295 g/mol. The molecule has 5 heteroatoms. The fraction of sp³-hybridized carbons (Fsp3) is 0.333. The summed E-state index contributed by atoms with van der Waals surface area (Å²) in [5.74, 6) is -1.05. The van der Waals surface area contributed by atoms with Crippen LogP contribution in [0.3, 0.4) is 0 Å². The van der Waals surface area contributed by atoms with Crippen molar-refractivity contribution in [1.29, 1.82) is 5.26 Å². The highest BCUT2D eigenvalue weighted by molar-refractivity contribution is 6.32. The number of allylic oxidation sites excluding steroid dienone is 1. The second-order valence-electron chi connectivity index (χ2n) is 4.07. The summed E-state index contributed by atoms with van der Waals surface area (Å²) in [6.07, 6.45) is 0. The van der Waals surface area contributed by atoms with Gasteiger partial charge in [0.2, 0.25) is 0 Å². The molecule has 1 rings (SSSR count). The van der Waals surface area contributed by atoms with E-state index in [4.69, 9.17) is 11.6 Å². The molecule has 0 fully saturated rings. The summed E-state index contributed by atoms with van der Waals surface area (Å²) in [6, 6.07) is 7.65. The number of carbonyl (C=O) groups excluding carboxylic acids is 1. The normalized spacial score (nSPS) is 11.6. The zero-order valence-electron chi connectivity index (χ0n) is 11.5. The molecule has 0 bridgehead atoms. The molecule has 0 N–H and O–H groups in total. The van der Waals surface area contributed by atoms with E-state index in [1.807, 2.05) is 24.8 Å². The van der Waals surface area contributed by atoms with E-state index in [2.05, 4.69) is 0 Å². The smallest absolute Gasteiger partial charge is 0.190 e. The van der Waals surface area contributed by atoms with Gasteiger partial charge < -0.3 is 4.90 Å². The summed E-state index contributed by atoms with van der Waals surface area (Å²) >= 11 is 5.56. The monoisotopic (exact) mass is 294 g/mol. The predicted molar refractivity (Wildman–Crippen MR) is 77.6 cm³/mol. The van der Waals surface area contributed by atoms with Gasteiger partial charge in [0.15, 0.2) is 5.78 Å². The zero-order chi connectivity index (χ0) is 15.1. The molecule has 0 aliphatic carbocycles. The highest BCUT2D eigenvalue weighted by atomic mass is 35.5. The van der Waals surface area contributed by atoms with E-state index in [1.54, 1.807) is 12.1 Å². The Labute approximate surface area is 123 Å². The van der Waals surface area contributed by atoms with Gasteiger partial charge in [-0.05, 0) is 43.7 Å². The number of hydrogen-bond donors (Lipinski definition) is 0. The molecule has 0 radical (unpaired) electrons. The molecule has 3 nitrogen and oxygen atoms in total. The van der Waals surface area contributed by atoms with Gasteiger partial charge in [-0.3, -0.25) is 4.79 Å². The average Bonchev–Trinajstić information content (AvgIpc) is 2.48. The summed E-state index contributed by atoms with van der Waals surface area (Å²) in [5, 5.41) is 9.27. The SMILES string of the molecule is CCN(CC)/C(=C(\C#N)C(=O)CCl)c1ccc(F)cc1. The number of Topliss-reactive ketones (excluding diaryl/α,β-unsaturated/α-hetero) is 1. The molecule has 106 valence electrons. The third-order valence-corrected chi connectivity index (χ3v) is 3.19. The predicted octanol–water partition coefficient (Wildman–Crippen LogP) is 3.21. The van der Waals surface area contributed by atoms with Crippen LogP contribution < -0.4 is 0 Å². The van der Waals surface area contributed by atoms with Crippen molar-refractivity contribution in [2.75, 3.05) is 19.0 Å². The molecule has 0 heterocycles. The van der Waals surface area contributed by atoms with E-state index in [1.165, 1.54) is 12.1 Å². The van der Waals surface area contributed by atoms with Crippen molar-refractivity contribution in [3.63, 3.8) is 0 Å². The van der Waals surface area contributed by atoms with Crippen molar-refractivity contribution in [2.45, 2.75) is 13.8 Å². The first-order valence-corrected chi connectivity index (χ1v) is 6.86. The summed E-state index contributed by atoms with van der Waals surface area (Å²) in [5.41, 5.74) is 1.14. The second kappa shape index (κ2) is 7.66. The van der Waals surface area contributed by atoms with Crippen LogP contribution in [0.2, 0.25) is 0 Å². The minimum Gasteiger partial charge on any atom is -0.370 e. The van der Waals surface area contributed by atoms with E-state index in [0.29, 0.717) is 24.4 Å². The highest BCUT2D eigenvalue weighted by Gasteiger charge is 2.20. The summed E-state index contributed by atoms with van der Waals surface area (Å²) in [6.45, 7) is 5.11. The van der Waals surface area contributed by atoms with Crippen LogP contribution in [0.1, 0.15) is 19.4 Å². The number of nitrogens with zero attached hydrogens (tertiary/aromatic N) is 2. The Morgan fingerprint density at radius 2 is 1.85 bits per heavy atom. The van der Waals surface area contributed by atoms with Crippen molar-refractivity contribution in [2.24, 2.45) is 0 Å². The number of carbonyl (C=O) groups is 1. The van der Waals surface area contributed by atoms with Crippen molar-refractivity contribution in [3.8, 4) is 6.07 Å². The number of halogens is 2. The van der Waals surface area contributed by atoms with E-state index < -0.39 is 5.78 Å². The first kappa shape index (κ1) is 16.2. The van der Waals surface area contributed by atoms with Crippen LogP contribution in [0.5, 0.6) is 0 Å². The summed E-state index contributed by atoms with van der Waals surface area (Å²) < 4.78 is 13.0. The maximum Gasteiger partial charge on any atom is 0.190 e. The highest BCUT2D eigenvalue weighted by Crippen LogP contribution is 2.24. The Hall–Kier alpha value is -1.86. The molecule has 0 saturated carbocycles. The van der Waals surface area contributed by atoms with Crippen LogP contribution in [-0.4, -0.2) is 29.7 Å². The first-order chi connectivity index (χ1) is 9.58. The topological polar surface area (TPSA) is 44.1 Å². The molecule has 0 unspecified atom stereocenters. The van der Waals surface area contributed by atoms with Gasteiger partial charge in [0.05, 0.1) is 11.6 Å². The van der Waals surface area contributed by atoms with Gasteiger partial charge in [-0.15, -0.1) is 11.6 Å². The largest absolute Gasteiger partial charge is 0.370 e. The molecular formula is C15H16ClFN2O. The lowest BCUT2D eigenvalue weighted by Crippen LogP contribution is -2.24. The van der Waals surface area contributed by atoms with Gasteiger partial charge in [-0.2, -0.15) is 5.26 Å². The van der Waals surface area contributed by atoms with Crippen LogP contribution in [0.25, 0.3) is 5.70 Å². The fourth-order valence-electron chi connectivity index (χ4n) is 1.95. The molecule has 0 aromatic heterocycles. The Bertz CT molecular complexity index is 542. The minimum atomic E-state index is -0.430. The van der Waals surface area contributed by atoms with Gasteiger partial charge in [-0.25, -0.2) is 4.39 Å². The van der Waals surface area contributed by atoms with Crippen molar-refractivity contribution < 1.29 is 9.18 Å². The Morgan fingerprint density at radius 3 is 2.25 bits per heavy atom. The maximum atomic E-state index is 13.0. The van der Waals surface area contributed by atoms with Gasteiger partial charge in [-0.1, -0.05) is 0 Å². The first-order valence-electron chi connectivity index (χ1n) is 6.33. The van der Waals surface area contributed by atoms with Gasteiger partial charge in [0.25, 0.3) is 0 Å². The quantitative estimate of drug-likeness (QED) is 0.460. The Morgan fingerprint density at radius 1 is 1.30 bits per heavy atom. The van der Waals surface area contributed by atoms with Crippen LogP contribution in [0, 0.1) is 17.1 Å². The minimum absolute atomic E-state index is 0.00954. The lowest BCUT2D eigenvalue weighted by atomic mass is 10.0. The molecule has 0 aliphatic rings. The van der Waals surface area contributed by atoms with Crippen molar-refractivity contribution >= 4 is 23.1 Å². The summed E-state index contributed by atoms with van der Waals surface area (Å²) in [4.78, 5) is 13.7. The third kappa shape index (κ3) is 3.58. The van der Waals surface area contributed by atoms with E-state index >= 15 is 0 Å². The number of hydrogen-bond acceptors (Lipinski definition) is 3. The van der Waals surface area contributed by atoms with Gasteiger partial charge in [0, 0.05) is 13.1 Å². The molecule has 0 atom stereocenters. The molecule has 0 spiro atoms. The fourth-order valence-corrected chi connectivity index (χ4v) is 2.08. The maximum absolute atomic E-state index is 13.0. The number of ketones is 1.